The van der Waals surface area contributed by atoms with E-state index in [0.29, 0.717) is 13.0 Å². The van der Waals surface area contributed by atoms with E-state index in [9.17, 15) is 9.59 Å². The van der Waals surface area contributed by atoms with Crippen LogP contribution in [0.4, 0.5) is 4.79 Å². The molecule has 1 aromatic heterocycles. The maximum Gasteiger partial charge on any atom is 0.407 e. The summed E-state index contributed by atoms with van der Waals surface area (Å²) in [6.45, 7) is 0.721. The quantitative estimate of drug-likeness (QED) is 0.619. The number of carbonyl (C=O) groups excluding carboxylic acids is 2. The monoisotopic (exact) mass is 340 g/mol. The van der Waals surface area contributed by atoms with Crippen molar-refractivity contribution in [2.75, 3.05) is 13.7 Å². The number of hydrogen-bond donors (Lipinski definition) is 1. The van der Waals surface area contributed by atoms with Gasteiger partial charge in [-0.25, -0.2) is 14.6 Å². The second-order valence-electron chi connectivity index (χ2n) is 5.15. The Morgan fingerprint density at radius 3 is 2.64 bits per heavy atom. The fourth-order valence-electron chi connectivity index (χ4n) is 1.98. The highest BCUT2D eigenvalue weighted by Gasteiger charge is 2.05. The summed E-state index contributed by atoms with van der Waals surface area (Å²) in [5.41, 5.74) is 2.07. The molecule has 0 radical (unpaired) electrons. The third kappa shape index (κ3) is 6.47. The van der Waals surface area contributed by atoms with Crippen molar-refractivity contribution in [3.8, 4) is 0 Å². The number of pyridine rings is 1. The Hall–Kier alpha value is -3.15. The van der Waals surface area contributed by atoms with Crippen LogP contribution in [-0.4, -0.2) is 30.7 Å². The molecular formula is C19H20N2O4. The van der Waals surface area contributed by atoms with Gasteiger partial charge in [0.25, 0.3) is 0 Å². The minimum absolute atomic E-state index is 0.251. The van der Waals surface area contributed by atoms with Gasteiger partial charge in [-0.15, -0.1) is 0 Å². The Balaban J connectivity index is 1.65. The Morgan fingerprint density at radius 2 is 1.96 bits per heavy atom. The van der Waals surface area contributed by atoms with Crippen molar-refractivity contribution in [2.24, 2.45) is 0 Å². The van der Waals surface area contributed by atoms with Crippen molar-refractivity contribution in [1.29, 1.82) is 0 Å². The number of amides is 1. The summed E-state index contributed by atoms with van der Waals surface area (Å²) in [4.78, 5) is 26.9. The Bertz CT molecular complexity index is 712. The van der Waals surface area contributed by atoms with Crippen LogP contribution in [0.25, 0.3) is 6.08 Å². The lowest BCUT2D eigenvalue weighted by atomic mass is 10.2. The number of carbonyl (C=O) groups is 2. The van der Waals surface area contributed by atoms with Gasteiger partial charge >= 0.3 is 12.1 Å². The largest absolute Gasteiger partial charge is 0.464 e. The molecule has 1 amide bonds. The number of benzene rings is 1. The van der Waals surface area contributed by atoms with Crippen LogP contribution in [0.3, 0.4) is 0 Å². The van der Waals surface area contributed by atoms with Crippen molar-refractivity contribution in [3.05, 3.63) is 71.6 Å². The van der Waals surface area contributed by atoms with Gasteiger partial charge in [0.05, 0.1) is 7.11 Å². The fraction of sp³-hybridized carbons (Fsp3) is 0.211. The fourth-order valence-corrected chi connectivity index (χ4v) is 1.98. The van der Waals surface area contributed by atoms with Gasteiger partial charge in [-0.1, -0.05) is 48.6 Å². The van der Waals surface area contributed by atoms with Gasteiger partial charge in [-0.3, -0.25) is 0 Å². The van der Waals surface area contributed by atoms with E-state index in [1.165, 1.54) is 7.11 Å². The van der Waals surface area contributed by atoms with Crippen LogP contribution in [0, 0.1) is 0 Å². The molecular weight excluding hydrogens is 320 g/mol. The molecule has 6 nitrogen and oxygen atoms in total. The number of hydrogen-bond acceptors (Lipinski definition) is 5. The molecule has 1 aromatic carbocycles. The number of rotatable bonds is 7. The Labute approximate surface area is 146 Å². The van der Waals surface area contributed by atoms with Crippen LogP contribution in [0.15, 0.2) is 54.7 Å². The minimum atomic E-state index is -0.464. The van der Waals surface area contributed by atoms with Gasteiger partial charge in [0.2, 0.25) is 0 Å². The first-order valence-corrected chi connectivity index (χ1v) is 7.84. The van der Waals surface area contributed by atoms with Crippen LogP contribution in [0.2, 0.25) is 0 Å². The van der Waals surface area contributed by atoms with Crippen molar-refractivity contribution < 1.29 is 19.1 Å². The van der Waals surface area contributed by atoms with Crippen LogP contribution in [-0.2, 0) is 16.1 Å². The number of methoxy groups -OCH3 is 1. The molecule has 0 aliphatic rings. The van der Waals surface area contributed by atoms with Gasteiger partial charge in [-0.05, 0) is 23.6 Å². The zero-order chi connectivity index (χ0) is 17.9. The topological polar surface area (TPSA) is 77.5 Å². The molecule has 130 valence electrons. The van der Waals surface area contributed by atoms with Gasteiger partial charge in [0, 0.05) is 12.7 Å². The lowest BCUT2D eigenvalue weighted by Gasteiger charge is -2.05. The summed E-state index contributed by atoms with van der Waals surface area (Å²) in [6.07, 6.45) is 5.57. The standard InChI is InChI=1S/C19H20N2O4/c1-24-18(22)17-11-10-15(13-21-17)7-5-6-12-20-19(23)25-14-16-8-3-2-4-9-16/h2-5,7-11,13H,6,12,14H2,1H3,(H,20,23). The number of ether oxygens (including phenoxy) is 2. The first kappa shape index (κ1) is 18.2. The molecule has 0 saturated carbocycles. The van der Waals surface area contributed by atoms with E-state index in [0.717, 1.165) is 11.1 Å². The van der Waals surface area contributed by atoms with Crippen LogP contribution in [0.5, 0.6) is 0 Å². The van der Waals surface area contributed by atoms with Gasteiger partial charge in [-0.2, -0.15) is 0 Å². The lowest BCUT2D eigenvalue weighted by Crippen LogP contribution is -2.24. The third-order valence-corrected chi connectivity index (χ3v) is 3.28. The number of esters is 1. The first-order chi connectivity index (χ1) is 12.2. The lowest BCUT2D eigenvalue weighted by molar-refractivity contribution is 0.0594. The molecule has 0 fully saturated rings. The molecule has 2 rings (SSSR count). The van der Waals surface area contributed by atoms with E-state index in [-0.39, 0.29) is 12.3 Å². The predicted octanol–water partition coefficient (Wildman–Crippen LogP) is 3.20. The molecule has 0 aliphatic carbocycles. The summed E-state index contributed by atoms with van der Waals surface area (Å²) >= 11 is 0. The smallest absolute Gasteiger partial charge is 0.407 e. The van der Waals surface area contributed by atoms with Gasteiger partial charge in [0.1, 0.15) is 12.3 Å². The summed E-state index contributed by atoms with van der Waals surface area (Å²) in [5, 5.41) is 2.68. The molecule has 6 heteroatoms. The van der Waals surface area contributed by atoms with Crippen molar-refractivity contribution in [2.45, 2.75) is 13.0 Å². The summed E-state index contributed by atoms with van der Waals surface area (Å²) in [5.74, 6) is -0.464. The Morgan fingerprint density at radius 1 is 1.16 bits per heavy atom. The second-order valence-corrected chi connectivity index (χ2v) is 5.15. The third-order valence-electron chi connectivity index (χ3n) is 3.28. The zero-order valence-electron chi connectivity index (χ0n) is 14.0. The zero-order valence-corrected chi connectivity index (χ0v) is 14.0. The molecule has 1 N–H and O–H groups in total. The Kier molecular flexibility index (Phi) is 7.18. The average molecular weight is 340 g/mol. The SMILES string of the molecule is COC(=O)c1ccc(C=CCCNC(=O)OCc2ccccc2)cn1. The normalized spacial score (nSPS) is 10.4. The summed E-state index contributed by atoms with van der Waals surface area (Å²) in [7, 11) is 1.32. The number of alkyl carbamates (subject to hydrolysis) is 1. The predicted molar refractivity (Wildman–Crippen MR) is 93.9 cm³/mol. The molecule has 25 heavy (non-hydrogen) atoms. The van der Waals surface area contributed by atoms with Crippen LogP contribution < -0.4 is 5.32 Å². The van der Waals surface area contributed by atoms with Crippen LogP contribution >= 0.6 is 0 Å². The molecule has 0 bridgehead atoms. The molecule has 0 saturated heterocycles. The van der Waals surface area contributed by atoms with Crippen molar-refractivity contribution in [1.82, 2.24) is 10.3 Å². The molecule has 2 aromatic rings. The highest BCUT2D eigenvalue weighted by atomic mass is 16.5. The highest BCUT2D eigenvalue weighted by Crippen LogP contribution is 2.04. The van der Waals surface area contributed by atoms with E-state index < -0.39 is 12.1 Å². The highest BCUT2D eigenvalue weighted by molar-refractivity contribution is 5.87. The molecule has 0 spiro atoms. The van der Waals surface area contributed by atoms with E-state index in [1.807, 2.05) is 42.5 Å². The van der Waals surface area contributed by atoms with Gasteiger partial charge < -0.3 is 14.8 Å². The van der Waals surface area contributed by atoms with E-state index in [1.54, 1.807) is 18.3 Å². The maximum atomic E-state index is 11.6. The van der Waals surface area contributed by atoms with Crippen molar-refractivity contribution >= 4 is 18.1 Å². The molecule has 0 aliphatic heterocycles. The first-order valence-electron chi connectivity index (χ1n) is 7.84. The second kappa shape index (κ2) is 9.87. The van der Waals surface area contributed by atoms with E-state index in [4.69, 9.17) is 4.74 Å². The minimum Gasteiger partial charge on any atom is -0.464 e. The molecule has 0 unspecified atom stereocenters. The summed E-state index contributed by atoms with van der Waals surface area (Å²) < 4.78 is 9.70. The summed E-state index contributed by atoms with van der Waals surface area (Å²) in [6, 6.07) is 12.9. The average Bonchev–Trinajstić information content (AvgIpc) is 2.67. The van der Waals surface area contributed by atoms with Gasteiger partial charge in [0.15, 0.2) is 0 Å². The van der Waals surface area contributed by atoms with E-state index in [2.05, 4.69) is 15.0 Å². The number of nitrogens with one attached hydrogen (secondary N) is 1. The van der Waals surface area contributed by atoms with E-state index >= 15 is 0 Å². The number of nitrogens with zero attached hydrogens (tertiary/aromatic N) is 1. The molecule has 0 atom stereocenters. The van der Waals surface area contributed by atoms with Crippen molar-refractivity contribution in [3.63, 3.8) is 0 Å². The van der Waals surface area contributed by atoms with Crippen LogP contribution in [0.1, 0.15) is 28.0 Å². The maximum absolute atomic E-state index is 11.6. The molecule has 1 heterocycles. The number of aromatic nitrogens is 1.